The van der Waals surface area contributed by atoms with Crippen LogP contribution >= 0.6 is 0 Å². The summed E-state index contributed by atoms with van der Waals surface area (Å²) in [4.78, 5) is 33.6. The van der Waals surface area contributed by atoms with Gasteiger partial charge in [-0.05, 0) is 31.2 Å². The number of carbonyl (C=O) groups is 2. The van der Waals surface area contributed by atoms with Crippen molar-refractivity contribution in [3.63, 3.8) is 0 Å². The van der Waals surface area contributed by atoms with E-state index in [2.05, 4.69) is 5.32 Å². The molecule has 2 aromatic rings. The number of hydrogen-bond donors (Lipinski definition) is 1. The van der Waals surface area contributed by atoms with Gasteiger partial charge >= 0.3 is 0 Å². The molecule has 0 atom stereocenters. The highest BCUT2D eigenvalue weighted by molar-refractivity contribution is 6.03. The highest BCUT2D eigenvalue weighted by atomic mass is 16.6. The minimum absolute atomic E-state index is 0.0740. The standard InChI is InChI=1S/C17H14N2O4/c1-12(20)14-6-4-7-15(11-14)18-17(21)10-9-13-5-2-3-8-16(13)19(22)23/h2-11H,1H3,(H,18,21)/b10-9+. The molecular weight excluding hydrogens is 296 g/mol. The fourth-order valence-electron chi connectivity index (χ4n) is 1.96. The van der Waals surface area contributed by atoms with Crippen LogP contribution < -0.4 is 5.32 Å². The van der Waals surface area contributed by atoms with Gasteiger partial charge in [-0.25, -0.2) is 0 Å². The van der Waals surface area contributed by atoms with Crippen LogP contribution in [0.5, 0.6) is 0 Å². The maximum atomic E-state index is 11.9. The first kappa shape index (κ1) is 16.1. The van der Waals surface area contributed by atoms with Crippen LogP contribution in [0.4, 0.5) is 11.4 Å². The molecular formula is C17H14N2O4. The van der Waals surface area contributed by atoms with Gasteiger partial charge in [0.2, 0.25) is 5.91 Å². The summed E-state index contributed by atoms with van der Waals surface area (Å²) in [5.41, 5.74) is 1.24. The van der Waals surface area contributed by atoms with Gasteiger partial charge in [0.1, 0.15) is 0 Å². The van der Waals surface area contributed by atoms with Gasteiger partial charge in [-0.2, -0.15) is 0 Å². The van der Waals surface area contributed by atoms with E-state index in [1.54, 1.807) is 42.5 Å². The summed E-state index contributed by atoms with van der Waals surface area (Å²) in [5.74, 6) is -0.541. The summed E-state index contributed by atoms with van der Waals surface area (Å²) in [6, 6.07) is 12.7. The van der Waals surface area contributed by atoms with Crippen LogP contribution in [0.25, 0.3) is 6.08 Å². The second-order valence-corrected chi connectivity index (χ2v) is 4.78. The van der Waals surface area contributed by atoms with E-state index in [1.807, 2.05) is 0 Å². The number of benzene rings is 2. The third-order valence-electron chi connectivity index (χ3n) is 3.08. The van der Waals surface area contributed by atoms with Gasteiger partial charge in [-0.1, -0.05) is 24.3 Å². The van der Waals surface area contributed by atoms with E-state index in [4.69, 9.17) is 0 Å². The Morgan fingerprint density at radius 1 is 1.13 bits per heavy atom. The summed E-state index contributed by atoms with van der Waals surface area (Å²) in [5, 5.41) is 13.5. The first-order valence-electron chi connectivity index (χ1n) is 6.81. The SMILES string of the molecule is CC(=O)c1cccc(NC(=O)/C=C/c2ccccc2[N+](=O)[O-])c1. The quantitative estimate of drug-likeness (QED) is 0.396. The molecule has 0 saturated heterocycles. The van der Waals surface area contributed by atoms with Crippen molar-refractivity contribution in [3.05, 3.63) is 75.8 Å². The summed E-state index contributed by atoms with van der Waals surface area (Å²) in [6.07, 6.45) is 2.59. The highest BCUT2D eigenvalue weighted by Crippen LogP contribution is 2.19. The number of amides is 1. The van der Waals surface area contributed by atoms with E-state index in [0.29, 0.717) is 16.8 Å². The van der Waals surface area contributed by atoms with Crippen LogP contribution in [0.3, 0.4) is 0 Å². The molecule has 0 aromatic heterocycles. The van der Waals surface area contributed by atoms with Gasteiger partial charge in [-0.3, -0.25) is 19.7 Å². The highest BCUT2D eigenvalue weighted by Gasteiger charge is 2.10. The Hall–Kier alpha value is -3.28. The van der Waals surface area contributed by atoms with Crippen LogP contribution in [0, 0.1) is 10.1 Å². The lowest BCUT2D eigenvalue weighted by Crippen LogP contribution is -2.08. The minimum atomic E-state index is -0.506. The van der Waals surface area contributed by atoms with Crippen LogP contribution in [0.15, 0.2) is 54.6 Å². The average molecular weight is 310 g/mol. The third kappa shape index (κ3) is 4.34. The van der Waals surface area contributed by atoms with E-state index in [9.17, 15) is 19.7 Å². The zero-order valence-electron chi connectivity index (χ0n) is 12.4. The van der Waals surface area contributed by atoms with Gasteiger partial charge in [0.15, 0.2) is 5.78 Å². The molecule has 0 heterocycles. The Bertz CT molecular complexity index is 797. The number of rotatable bonds is 5. The molecule has 6 heteroatoms. The van der Waals surface area contributed by atoms with Crippen molar-refractivity contribution in [2.75, 3.05) is 5.32 Å². The smallest absolute Gasteiger partial charge is 0.276 e. The summed E-state index contributed by atoms with van der Waals surface area (Å²) in [6.45, 7) is 1.44. The first-order chi connectivity index (χ1) is 11.0. The molecule has 0 spiro atoms. The molecule has 0 saturated carbocycles. The molecule has 0 aliphatic rings. The van der Waals surface area contributed by atoms with Crippen molar-refractivity contribution in [1.29, 1.82) is 0 Å². The van der Waals surface area contributed by atoms with Crippen LogP contribution in [0.1, 0.15) is 22.8 Å². The maximum Gasteiger partial charge on any atom is 0.276 e. The fraction of sp³-hybridized carbons (Fsp3) is 0.0588. The number of ketones is 1. The molecule has 0 fully saturated rings. The van der Waals surface area contributed by atoms with Gasteiger partial charge in [-0.15, -0.1) is 0 Å². The molecule has 6 nitrogen and oxygen atoms in total. The number of para-hydroxylation sites is 1. The Morgan fingerprint density at radius 2 is 1.87 bits per heavy atom. The number of anilines is 1. The summed E-state index contributed by atoms with van der Waals surface area (Å²) >= 11 is 0. The lowest BCUT2D eigenvalue weighted by atomic mass is 10.1. The lowest BCUT2D eigenvalue weighted by molar-refractivity contribution is -0.385. The van der Waals surface area contributed by atoms with Crippen molar-refractivity contribution >= 4 is 29.1 Å². The molecule has 0 aliphatic carbocycles. The van der Waals surface area contributed by atoms with Crippen molar-refractivity contribution < 1.29 is 14.5 Å². The predicted octanol–water partition coefficient (Wildman–Crippen LogP) is 3.45. The number of nitro benzene ring substituents is 1. The van der Waals surface area contributed by atoms with Crippen molar-refractivity contribution in [2.45, 2.75) is 6.92 Å². The Morgan fingerprint density at radius 3 is 2.57 bits per heavy atom. The largest absolute Gasteiger partial charge is 0.322 e. The van der Waals surface area contributed by atoms with Crippen molar-refractivity contribution in [3.8, 4) is 0 Å². The third-order valence-corrected chi connectivity index (χ3v) is 3.08. The molecule has 116 valence electrons. The van der Waals surface area contributed by atoms with E-state index in [-0.39, 0.29) is 11.5 Å². The molecule has 2 aromatic carbocycles. The zero-order valence-corrected chi connectivity index (χ0v) is 12.4. The first-order valence-corrected chi connectivity index (χ1v) is 6.81. The number of hydrogen-bond acceptors (Lipinski definition) is 4. The fourth-order valence-corrected chi connectivity index (χ4v) is 1.96. The zero-order chi connectivity index (χ0) is 16.8. The molecule has 23 heavy (non-hydrogen) atoms. The number of carbonyl (C=O) groups excluding carboxylic acids is 2. The molecule has 1 amide bonds. The maximum absolute atomic E-state index is 11.9. The van der Waals surface area contributed by atoms with Crippen LogP contribution in [-0.2, 0) is 4.79 Å². The normalized spacial score (nSPS) is 10.5. The van der Waals surface area contributed by atoms with Crippen LogP contribution in [0.2, 0.25) is 0 Å². The topological polar surface area (TPSA) is 89.3 Å². The molecule has 1 N–H and O–H groups in total. The van der Waals surface area contributed by atoms with Crippen LogP contribution in [-0.4, -0.2) is 16.6 Å². The van der Waals surface area contributed by atoms with E-state index < -0.39 is 10.8 Å². The second kappa shape index (κ2) is 7.13. The Labute approximate surface area is 132 Å². The van der Waals surface area contributed by atoms with Gasteiger partial charge in [0.25, 0.3) is 5.69 Å². The summed E-state index contributed by atoms with van der Waals surface area (Å²) < 4.78 is 0. The Balaban J connectivity index is 2.12. The average Bonchev–Trinajstić information content (AvgIpc) is 2.53. The predicted molar refractivity (Wildman–Crippen MR) is 87.2 cm³/mol. The molecule has 0 bridgehead atoms. The van der Waals surface area contributed by atoms with Gasteiger partial charge in [0, 0.05) is 23.4 Å². The second-order valence-electron chi connectivity index (χ2n) is 4.78. The molecule has 0 radical (unpaired) electrons. The Kier molecular flexibility index (Phi) is 4.99. The molecule has 2 rings (SSSR count). The van der Waals surface area contributed by atoms with Gasteiger partial charge in [0.05, 0.1) is 10.5 Å². The monoisotopic (exact) mass is 310 g/mol. The number of nitrogens with zero attached hydrogens (tertiary/aromatic N) is 1. The molecule has 0 unspecified atom stereocenters. The van der Waals surface area contributed by atoms with E-state index in [0.717, 1.165) is 0 Å². The number of nitro groups is 1. The number of nitrogens with one attached hydrogen (secondary N) is 1. The number of Topliss-reactive ketones (excluding diaryl/α,β-unsaturated/α-hetero) is 1. The van der Waals surface area contributed by atoms with Crippen molar-refractivity contribution in [1.82, 2.24) is 0 Å². The lowest BCUT2D eigenvalue weighted by Gasteiger charge is -2.03. The van der Waals surface area contributed by atoms with E-state index in [1.165, 1.54) is 25.1 Å². The minimum Gasteiger partial charge on any atom is -0.322 e. The molecule has 0 aliphatic heterocycles. The van der Waals surface area contributed by atoms with E-state index >= 15 is 0 Å². The summed E-state index contributed by atoms with van der Waals surface area (Å²) in [7, 11) is 0. The van der Waals surface area contributed by atoms with Crippen molar-refractivity contribution in [2.24, 2.45) is 0 Å². The van der Waals surface area contributed by atoms with Gasteiger partial charge < -0.3 is 5.32 Å².